The molecule has 1 N–H and O–H groups in total. The van der Waals surface area contributed by atoms with Gasteiger partial charge in [-0.05, 0) is 30.2 Å². The predicted octanol–water partition coefficient (Wildman–Crippen LogP) is 4.05. The molecule has 0 saturated carbocycles. The molecule has 3 heteroatoms. The van der Waals surface area contributed by atoms with Crippen molar-refractivity contribution in [3.63, 3.8) is 0 Å². The quantitative estimate of drug-likeness (QED) is 0.784. The molecule has 3 aromatic rings. The normalized spacial score (nSPS) is 10.5. The van der Waals surface area contributed by atoms with Gasteiger partial charge in [-0.2, -0.15) is 0 Å². The maximum Gasteiger partial charge on any atom is 0.256 e. The van der Waals surface area contributed by atoms with Crippen LogP contribution in [0.3, 0.4) is 0 Å². The number of amides is 1. The molecule has 0 radical (unpaired) electrons. The zero-order valence-corrected chi connectivity index (χ0v) is 11.8. The highest BCUT2D eigenvalue weighted by atomic mass is 16.1. The minimum absolute atomic E-state index is 0.102. The largest absolute Gasteiger partial charge is 0.322 e. The Morgan fingerprint density at radius 1 is 1.05 bits per heavy atom. The average Bonchev–Trinajstić information content (AvgIpc) is 2.54. The summed E-state index contributed by atoms with van der Waals surface area (Å²) < 4.78 is 0. The number of aromatic nitrogens is 1. The molecule has 3 nitrogen and oxygen atoms in total. The first-order valence-electron chi connectivity index (χ1n) is 7.02. The molecule has 0 saturated heterocycles. The van der Waals surface area contributed by atoms with E-state index in [4.69, 9.17) is 0 Å². The van der Waals surface area contributed by atoms with Gasteiger partial charge in [-0.15, -0.1) is 0 Å². The van der Waals surface area contributed by atoms with Gasteiger partial charge >= 0.3 is 0 Å². The minimum Gasteiger partial charge on any atom is -0.322 e. The van der Waals surface area contributed by atoms with Crippen molar-refractivity contribution in [1.29, 1.82) is 0 Å². The smallest absolute Gasteiger partial charge is 0.256 e. The van der Waals surface area contributed by atoms with E-state index in [2.05, 4.69) is 17.2 Å². The van der Waals surface area contributed by atoms with Gasteiger partial charge in [0.1, 0.15) is 0 Å². The van der Waals surface area contributed by atoms with Crippen LogP contribution in [0.25, 0.3) is 10.9 Å². The highest BCUT2D eigenvalue weighted by molar-refractivity contribution is 6.12. The maximum atomic E-state index is 12.6. The van der Waals surface area contributed by atoms with Gasteiger partial charge in [-0.25, -0.2) is 0 Å². The Balaban J connectivity index is 1.98. The lowest BCUT2D eigenvalue weighted by molar-refractivity contribution is 0.102. The Morgan fingerprint density at radius 2 is 1.81 bits per heavy atom. The molecular formula is C18H16N2O. The van der Waals surface area contributed by atoms with Crippen LogP contribution in [0.4, 0.5) is 5.69 Å². The standard InChI is InChI=1S/C18H16N2O/c1-2-13-7-3-5-9-16(13)20-18(21)15-11-12-19-17-10-6-4-8-14(15)17/h3-12H,2H2,1H3,(H,20,21). The molecule has 0 aliphatic heterocycles. The number of carbonyl (C=O) groups is 1. The third-order valence-corrected chi connectivity index (χ3v) is 3.54. The van der Waals surface area contributed by atoms with Crippen LogP contribution < -0.4 is 5.32 Å². The summed E-state index contributed by atoms with van der Waals surface area (Å²) in [6.07, 6.45) is 2.55. The van der Waals surface area contributed by atoms with Crippen molar-refractivity contribution in [2.45, 2.75) is 13.3 Å². The van der Waals surface area contributed by atoms with Crippen LogP contribution in [0.2, 0.25) is 0 Å². The van der Waals surface area contributed by atoms with E-state index in [1.165, 1.54) is 0 Å². The van der Waals surface area contributed by atoms with Crippen molar-refractivity contribution >= 4 is 22.5 Å². The van der Waals surface area contributed by atoms with Crippen LogP contribution in [-0.4, -0.2) is 10.9 Å². The fourth-order valence-electron chi connectivity index (χ4n) is 2.43. The third-order valence-electron chi connectivity index (χ3n) is 3.54. The molecule has 0 fully saturated rings. The second kappa shape index (κ2) is 5.75. The van der Waals surface area contributed by atoms with Crippen molar-refractivity contribution < 1.29 is 4.79 Å². The van der Waals surface area contributed by atoms with Gasteiger partial charge in [0.2, 0.25) is 0 Å². The van der Waals surface area contributed by atoms with Gasteiger partial charge in [0.25, 0.3) is 5.91 Å². The number of benzene rings is 2. The summed E-state index contributed by atoms with van der Waals surface area (Å²) in [5.74, 6) is -0.102. The second-order valence-electron chi connectivity index (χ2n) is 4.84. The van der Waals surface area contributed by atoms with E-state index >= 15 is 0 Å². The molecule has 0 aliphatic rings. The molecule has 1 amide bonds. The molecule has 104 valence electrons. The summed E-state index contributed by atoms with van der Waals surface area (Å²) in [4.78, 5) is 16.8. The van der Waals surface area contributed by atoms with Crippen molar-refractivity contribution in [3.8, 4) is 0 Å². The van der Waals surface area contributed by atoms with Crippen LogP contribution in [-0.2, 0) is 6.42 Å². The number of pyridine rings is 1. The fraction of sp³-hybridized carbons (Fsp3) is 0.111. The zero-order chi connectivity index (χ0) is 14.7. The maximum absolute atomic E-state index is 12.6. The van der Waals surface area contributed by atoms with E-state index in [-0.39, 0.29) is 5.91 Å². The number of anilines is 1. The SMILES string of the molecule is CCc1ccccc1NC(=O)c1ccnc2ccccc12. The van der Waals surface area contributed by atoms with E-state index in [1.807, 2.05) is 48.5 Å². The molecule has 1 heterocycles. The van der Waals surface area contributed by atoms with E-state index in [1.54, 1.807) is 12.3 Å². The van der Waals surface area contributed by atoms with Gasteiger partial charge in [0, 0.05) is 17.3 Å². The van der Waals surface area contributed by atoms with Crippen LogP contribution in [0.5, 0.6) is 0 Å². The topological polar surface area (TPSA) is 42.0 Å². The fourth-order valence-corrected chi connectivity index (χ4v) is 2.43. The number of fused-ring (bicyclic) bond motifs is 1. The molecule has 0 spiro atoms. The molecule has 0 aliphatic carbocycles. The van der Waals surface area contributed by atoms with E-state index in [0.29, 0.717) is 5.56 Å². The van der Waals surface area contributed by atoms with Crippen molar-refractivity contribution in [1.82, 2.24) is 4.98 Å². The number of nitrogens with one attached hydrogen (secondary N) is 1. The summed E-state index contributed by atoms with van der Waals surface area (Å²) in [6, 6.07) is 17.3. The molecule has 0 atom stereocenters. The highest BCUT2D eigenvalue weighted by Gasteiger charge is 2.11. The minimum atomic E-state index is -0.102. The Bertz CT molecular complexity index is 791. The summed E-state index contributed by atoms with van der Waals surface area (Å²) in [6.45, 7) is 2.08. The van der Waals surface area contributed by atoms with Crippen molar-refractivity contribution in [2.75, 3.05) is 5.32 Å². The van der Waals surface area contributed by atoms with Gasteiger partial charge in [0.05, 0.1) is 11.1 Å². The number of para-hydroxylation sites is 2. The Labute approximate surface area is 123 Å². The molecule has 21 heavy (non-hydrogen) atoms. The van der Waals surface area contributed by atoms with E-state index in [9.17, 15) is 4.79 Å². The van der Waals surface area contributed by atoms with Crippen LogP contribution in [0.15, 0.2) is 60.8 Å². The molecule has 1 aromatic heterocycles. The monoisotopic (exact) mass is 276 g/mol. The lowest BCUT2D eigenvalue weighted by atomic mass is 10.1. The lowest BCUT2D eigenvalue weighted by Crippen LogP contribution is -2.13. The van der Waals surface area contributed by atoms with Gasteiger partial charge in [0.15, 0.2) is 0 Å². The van der Waals surface area contributed by atoms with Crippen molar-refractivity contribution in [2.24, 2.45) is 0 Å². The van der Waals surface area contributed by atoms with Crippen LogP contribution in [0.1, 0.15) is 22.8 Å². The molecular weight excluding hydrogens is 260 g/mol. The number of carbonyl (C=O) groups excluding carboxylic acids is 1. The highest BCUT2D eigenvalue weighted by Crippen LogP contribution is 2.20. The van der Waals surface area contributed by atoms with Crippen LogP contribution >= 0.6 is 0 Å². The van der Waals surface area contributed by atoms with Gasteiger partial charge < -0.3 is 5.32 Å². The molecule has 0 unspecified atom stereocenters. The Morgan fingerprint density at radius 3 is 2.67 bits per heavy atom. The number of hydrogen-bond donors (Lipinski definition) is 1. The zero-order valence-electron chi connectivity index (χ0n) is 11.8. The van der Waals surface area contributed by atoms with Gasteiger partial charge in [-0.3, -0.25) is 9.78 Å². The van der Waals surface area contributed by atoms with E-state index < -0.39 is 0 Å². The second-order valence-corrected chi connectivity index (χ2v) is 4.84. The number of hydrogen-bond acceptors (Lipinski definition) is 2. The summed E-state index contributed by atoms with van der Waals surface area (Å²) >= 11 is 0. The first-order chi connectivity index (χ1) is 10.3. The first-order valence-corrected chi connectivity index (χ1v) is 7.02. The summed E-state index contributed by atoms with van der Waals surface area (Å²) in [7, 11) is 0. The number of nitrogens with zero attached hydrogens (tertiary/aromatic N) is 1. The average molecular weight is 276 g/mol. The lowest BCUT2D eigenvalue weighted by Gasteiger charge is -2.11. The molecule has 2 aromatic carbocycles. The van der Waals surface area contributed by atoms with Gasteiger partial charge in [-0.1, -0.05) is 43.3 Å². The Kier molecular flexibility index (Phi) is 3.65. The van der Waals surface area contributed by atoms with Crippen LogP contribution in [0, 0.1) is 0 Å². The number of aryl methyl sites for hydroxylation is 1. The molecule has 0 bridgehead atoms. The number of rotatable bonds is 3. The van der Waals surface area contributed by atoms with Crippen molar-refractivity contribution in [3.05, 3.63) is 71.9 Å². The first kappa shape index (κ1) is 13.3. The summed E-state index contributed by atoms with van der Waals surface area (Å²) in [5.41, 5.74) is 3.47. The van der Waals surface area contributed by atoms with E-state index in [0.717, 1.165) is 28.6 Å². The Hall–Kier alpha value is -2.68. The summed E-state index contributed by atoms with van der Waals surface area (Å²) in [5, 5.41) is 3.87. The predicted molar refractivity (Wildman–Crippen MR) is 85.5 cm³/mol. The third kappa shape index (κ3) is 2.63. The molecule has 3 rings (SSSR count).